The van der Waals surface area contributed by atoms with Crippen molar-refractivity contribution in [3.63, 3.8) is 0 Å². The van der Waals surface area contributed by atoms with Gasteiger partial charge in [0.05, 0.1) is 11.6 Å². The minimum atomic E-state index is -0.0121. The standard InChI is InChI=1S/C18H21NO/c1-18(20-2)13-16(18)19-17(14-9-5-3-6-10-14)15-11-7-4-8-12-15/h3-12,16-17,19H,13H2,1-2H3/t16-,18+/m0/s1. The Hall–Kier alpha value is -1.64. The monoisotopic (exact) mass is 267 g/mol. The zero-order valence-corrected chi connectivity index (χ0v) is 12.0. The highest BCUT2D eigenvalue weighted by atomic mass is 16.5. The van der Waals surface area contributed by atoms with Gasteiger partial charge in [-0.1, -0.05) is 60.7 Å². The molecule has 0 radical (unpaired) electrons. The van der Waals surface area contributed by atoms with E-state index < -0.39 is 0 Å². The molecule has 1 aliphatic rings. The molecule has 1 N–H and O–H groups in total. The highest BCUT2D eigenvalue weighted by molar-refractivity contribution is 5.32. The summed E-state index contributed by atoms with van der Waals surface area (Å²) in [6.45, 7) is 2.16. The second kappa shape index (κ2) is 5.39. The molecule has 1 fully saturated rings. The average Bonchev–Trinajstić information content (AvgIpc) is 3.17. The van der Waals surface area contributed by atoms with Crippen LogP contribution in [0.25, 0.3) is 0 Å². The molecule has 0 amide bonds. The molecule has 1 saturated carbocycles. The molecule has 2 aromatic carbocycles. The molecular formula is C18H21NO. The SMILES string of the molecule is CO[C@]1(C)C[C@@H]1NC(c1ccccc1)c1ccccc1. The first-order valence-corrected chi connectivity index (χ1v) is 7.14. The third-order valence-corrected chi connectivity index (χ3v) is 4.29. The van der Waals surface area contributed by atoms with Crippen molar-refractivity contribution in [3.05, 3.63) is 71.8 Å². The van der Waals surface area contributed by atoms with Crippen LogP contribution in [0.3, 0.4) is 0 Å². The van der Waals surface area contributed by atoms with Crippen LogP contribution in [0.2, 0.25) is 0 Å². The molecule has 0 aromatic heterocycles. The normalized spacial score (nSPS) is 24.9. The average molecular weight is 267 g/mol. The van der Waals surface area contributed by atoms with Crippen LogP contribution in [-0.4, -0.2) is 18.8 Å². The van der Waals surface area contributed by atoms with E-state index in [0.29, 0.717) is 6.04 Å². The second-order valence-corrected chi connectivity index (χ2v) is 5.69. The largest absolute Gasteiger partial charge is 0.377 e. The highest BCUT2D eigenvalue weighted by Gasteiger charge is 2.51. The number of ether oxygens (including phenoxy) is 1. The maximum absolute atomic E-state index is 5.57. The van der Waals surface area contributed by atoms with E-state index in [9.17, 15) is 0 Å². The van der Waals surface area contributed by atoms with Gasteiger partial charge < -0.3 is 10.1 Å². The second-order valence-electron chi connectivity index (χ2n) is 5.69. The van der Waals surface area contributed by atoms with E-state index >= 15 is 0 Å². The van der Waals surface area contributed by atoms with Gasteiger partial charge in [-0.05, 0) is 24.5 Å². The predicted molar refractivity (Wildman–Crippen MR) is 81.7 cm³/mol. The molecule has 0 aliphatic heterocycles. The van der Waals surface area contributed by atoms with Gasteiger partial charge in [0, 0.05) is 13.2 Å². The summed E-state index contributed by atoms with van der Waals surface area (Å²) in [5, 5.41) is 3.74. The lowest BCUT2D eigenvalue weighted by Gasteiger charge is -2.21. The molecule has 0 spiro atoms. The van der Waals surface area contributed by atoms with Gasteiger partial charge in [-0.3, -0.25) is 0 Å². The molecule has 2 aromatic rings. The molecule has 2 atom stereocenters. The summed E-state index contributed by atoms with van der Waals surface area (Å²) in [6, 6.07) is 21.8. The fourth-order valence-corrected chi connectivity index (χ4v) is 2.68. The summed E-state index contributed by atoms with van der Waals surface area (Å²) < 4.78 is 5.57. The van der Waals surface area contributed by atoms with Crippen LogP contribution in [0.15, 0.2) is 60.7 Å². The van der Waals surface area contributed by atoms with Gasteiger partial charge in [-0.25, -0.2) is 0 Å². The number of nitrogens with one attached hydrogen (secondary N) is 1. The molecule has 2 nitrogen and oxygen atoms in total. The van der Waals surface area contributed by atoms with Crippen molar-refractivity contribution in [2.24, 2.45) is 0 Å². The van der Waals surface area contributed by atoms with Gasteiger partial charge in [-0.15, -0.1) is 0 Å². The van der Waals surface area contributed by atoms with Crippen molar-refractivity contribution in [3.8, 4) is 0 Å². The lowest BCUT2D eigenvalue weighted by Crippen LogP contribution is -2.30. The fraction of sp³-hybridized carbons (Fsp3) is 0.333. The summed E-state index contributed by atoms with van der Waals surface area (Å²) in [7, 11) is 1.79. The Morgan fingerprint density at radius 2 is 1.50 bits per heavy atom. The molecule has 1 aliphatic carbocycles. The van der Waals surface area contributed by atoms with Crippen molar-refractivity contribution >= 4 is 0 Å². The predicted octanol–water partition coefficient (Wildman–Crippen LogP) is 3.54. The molecule has 0 bridgehead atoms. The molecule has 2 heteroatoms. The number of rotatable bonds is 5. The summed E-state index contributed by atoms with van der Waals surface area (Å²) in [5.41, 5.74) is 2.58. The Balaban J connectivity index is 1.86. The van der Waals surface area contributed by atoms with Gasteiger partial charge in [0.25, 0.3) is 0 Å². The van der Waals surface area contributed by atoms with Gasteiger partial charge in [0.15, 0.2) is 0 Å². The van der Waals surface area contributed by atoms with Crippen LogP contribution in [0.1, 0.15) is 30.5 Å². The number of hydrogen-bond acceptors (Lipinski definition) is 2. The zero-order valence-electron chi connectivity index (χ0n) is 12.0. The summed E-state index contributed by atoms with van der Waals surface area (Å²) in [6.07, 6.45) is 1.07. The van der Waals surface area contributed by atoms with Gasteiger partial charge in [0.1, 0.15) is 0 Å². The third-order valence-electron chi connectivity index (χ3n) is 4.29. The molecule has 0 saturated heterocycles. The van der Waals surface area contributed by atoms with E-state index in [1.807, 2.05) is 0 Å². The Morgan fingerprint density at radius 3 is 1.90 bits per heavy atom. The van der Waals surface area contributed by atoms with Crippen LogP contribution in [0, 0.1) is 0 Å². The number of methoxy groups -OCH3 is 1. The molecule has 0 unspecified atom stereocenters. The van der Waals surface area contributed by atoms with Crippen molar-refractivity contribution in [1.29, 1.82) is 0 Å². The summed E-state index contributed by atoms with van der Waals surface area (Å²) >= 11 is 0. The first kappa shape index (κ1) is 13.3. The van der Waals surface area contributed by atoms with Crippen LogP contribution in [0.5, 0.6) is 0 Å². The van der Waals surface area contributed by atoms with Crippen molar-refractivity contribution < 1.29 is 4.74 Å². The molecule has 20 heavy (non-hydrogen) atoms. The number of hydrogen-bond donors (Lipinski definition) is 1. The van der Waals surface area contributed by atoms with Crippen molar-refractivity contribution in [1.82, 2.24) is 5.32 Å². The van der Waals surface area contributed by atoms with Crippen LogP contribution < -0.4 is 5.32 Å². The maximum Gasteiger partial charge on any atom is 0.0820 e. The Morgan fingerprint density at radius 1 is 1.00 bits per heavy atom. The zero-order chi connectivity index (χ0) is 14.0. The molecule has 3 rings (SSSR count). The fourth-order valence-electron chi connectivity index (χ4n) is 2.68. The highest BCUT2D eigenvalue weighted by Crippen LogP contribution is 2.41. The van der Waals surface area contributed by atoms with E-state index in [-0.39, 0.29) is 11.6 Å². The van der Waals surface area contributed by atoms with Gasteiger partial charge >= 0.3 is 0 Å². The summed E-state index contributed by atoms with van der Waals surface area (Å²) in [4.78, 5) is 0. The first-order chi connectivity index (χ1) is 9.73. The Kier molecular flexibility index (Phi) is 3.60. The van der Waals surface area contributed by atoms with Gasteiger partial charge in [-0.2, -0.15) is 0 Å². The van der Waals surface area contributed by atoms with Gasteiger partial charge in [0.2, 0.25) is 0 Å². The Bertz CT molecular complexity index is 515. The minimum absolute atomic E-state index is 0.0121. The van der Waals surface area contributed by atoms with E-state index in [1.165, 1.54) is 11.1 Å². The van der Waals surface area contributed by atoms with Crippen LogP contribution in [0.4, 0.5) is 0 Å². The third kappa shape index (κ3) is 2.62. The minimum Gasteiger partial charge on any atom is -0.377 e. The lowest BCUT2D eigenvalue weighted by atomic mass is 9.98. The van der Waals surface area contributed by atoms with E-state index in [1.54, 1.807) is 7.11 Å². The molecule has 0 heterocycles. The van der Waals surface area contributed by atoms with Crippen molar-refractivity contribution in [2.45, 2.75) is 31.0 Å². The van der Waals surface area contributed by atoms with Crippen LogP contribution >= 0.6 is 0 Å². The smallest absolute Gasteiger partial charge is 0.0820 e. The van der Waals surface area contributed by atoms with E-state index in [2.05, 4.69) is 72.9 Å². The topological polar surface area (TPSA) is 21.3 Å². The molecule has 104 valence electrons. The lowest BCUT2D eigenvalue weighted by molar-refractivity contribution is 0.0863. The van der Waals surface area contributed by atoms with Crippen LogP contribution in [-0.2, 0) is 4.74 Å². The quantitative estimate of drug-likeness (QED) is 0.894. The van der Waals surface area contributed by atoms with E-state index in [4.69, 9.17) is 4.74 Å². The number of benzene rings is 2. The van der Waals surface area contributed by atoms with Crippen molar-refractivity contribution in [2.75, 3.05) is 7.11 Å². The maximum atomic E-state index is 5.57. The van der Waals surface area contributed by atoms with E-state index in [0.717, 1.165) is 6.42 Å². The summed E-state index contributed by atoms with van der Waals surface area (Å²) in [5.74, 6) is 0. The Labute approximate surface area is 120 Å². The molecular weight excluding hydrogens is 246 g/mol. The first-order valence-electron chi connectivity index (χ1n) is 7.14.